The molecule has 0 radical (unpaired) electrons. The van der Waals surface area contributed by atoms with Crippen LogP contribution in [-0.2, 0) is 5.33 Å². The second-order valence-electron chi connectivity index (χ2n) is 4.84. The minimum Gasteiger partial charge on any atom is -0.366 e. The molecule has 0 spiro atoms. The van der Waals surface area contributed by atoms with Crippen molar-refractivity contribution in [3.63, 3.8) is 0 Å². The van der Waals surface area contributed by atoms with Crippen molar-refractivity contribution in [1.29, 1.82) is 0 Å². The molecule has 1 aliphatic heterocycles. The molecule has 0 aliphatic carbocycles. The van der Waals surface area contributed by atoms with Crippen molar-refractivity contribution in [2.24, 2.45) is 0 Å². The molecule has 2 rings (SSSR count). The molecule has 1 aromatic carbocycles. The smallest absolute Gasteiger partial charge is 0.146 e. The summed E-state index contributed by atoms with van der Waals surface area (Å²) in [5.41, 5.74) is 1.72. The Morgan fingerprint density at radius 2 is 2.17 bits per heavy atom. The molecule has 1 unspecified atom stereocenters. The lowest BCUT2D eigenvalue weighted by atomic mass is 10.1. The standard InChI is InChI=1S/C14H20BrFN2/c1-3-17-6-7-18(10-11(17)2)14-5-4-12(9-15)8-13(14)16/h4-5,8,11H,3,6-7,9-10H2,1-2H3. The van der Waals surface area contributed by atoms with Crippen LogP contribution in [0.3, 0.4) is 0 Å². The SMILES string of the molecule is CCN1CCN(c2ccc(CBr)cc2F)CC1C. The molecule has 1 heterocycles. The molecule has 1 fully saturated rings. The molecule has 1 atom stereocenters. The van der Waals surface area contributed by atoms with Gasteiger partial charge in [0.05, 0.1) is 5.69 Å². The van der Waals surface area contributed by atoms with E-state index in [4.69, 9.17) is 0 Å². The number of benzene rings is 1. The van der Waals surface area contributed by atoms with Gasteiger partial charge < -0.3 is 4.90 Å². The summed E-state index contributed by atoms with van der Waals surface area (Å²) in [6.07, 6.45) is 0. The Kier molecular flexibility index (Phi) is 4.62. The summed E-state index contributed by atoms with van der Waals surface area (Å²) >= 11 is 3.35. The van der Waals surface area contributed by atoms with Gasteiger partial charge in [0, 0.05) is 31.0 Å². The van der Waals surface area contributed by atoms with Crippen LogP contribution in [0.1, 0.15) is 19.4 Å². The number of alkyl halides is 1. The zero-order valence-corrected chi connectivity index (χ0v) is 12.6. The monoisotopic (exact) mass is 314 g/mol. The highest BCUT2D eigenvalue weighted by Gasteiger charge is 2.23. The Labute approximate surface area is 117 Å². The highest BCUT2D eigenvalue weighted by Crippen LogP contribution is 2.24. The van der Waals surface area contributed by atoms with Crippen molar-refractivity contribution < 1.29 is 4.39 Å². The van der Waals surface area contributed by atoms with Crippen LogP contribution in [0.25, 0.3) is 0 Å². The molecule has 1 aromatic rings. The predicted octanol–water partition coefficient (Wildman–Crippen LogP) is 3.25. The molecule has 0 bridgehead atoms. The lowest BCUT2D eigenvalue weighted by Gasteiger charge is -2.40. The van der Waals surface area contributed by atoms with E-state index in [0.29, 0.717) is 11.4 Å². The van der Waals surface area contributed by atoms with Gasteiger partial charge >= 0.3 is 0 Å². The van der Waals surface area contributed by atoms with Crippen molar-refractivity contribution in [3.05, 3.63) is 29.6 Å². The zero-order chi connectivity index (χ0) is 13.1. The number of halogens is 2. The quantitative estimate of drug-likeness (QED) is 0.790. The van der Waals surface area contributed by atoms with E-state index in [9.17, 15) is 4.39 Å². The molecule has 1 saturated heterocycles. The zero-order valence-electron chi connectivity index (χ0n) is 11.0. The summed E-state index contributed by atoms with van der Waals surface area (Å²) in [5, 5.41) is 0.699. The molecule has 0 saturated carbocycles. The van der Waals surface area contributed by atoms with E-state index in [-0.39, 0.29) is 5.82 Å². The summed E-state index contributed by atoms with van der Waals surface area (Å²) in [6, 6.07) is 6.00. The van der Waals surface area contributed by atoms with E-state index in [1.165, 1.54) is 0 Å². The van der Waals surface area contributed by atoms with E-state index in [1.807, 2.05) is 12.1 Å². The van der Waals surface area contributed by atoms with Gasteiger partial charge in [-0.15, -0.1) is 0 Å². The third kappa shape index (κ3) is 2.86. The van der Waals surface area contributed by atoms with Crippen LogP contribution in [0.4, 0.5) is 10.1 Å². The summed E-state index contributed by atoms with van der Waals surface area (Å²) < 4.78 is 14.1. The predicted molar refractivity (Wildman–Crippen MR) is 78.0 cm³/mol. The second kappa shape index (κ2) is 6.02. The highest BCUT2D eigenvalue weighted by atomic mass is 79.9. The molecule has 0 N–H and O–H groups in total. The van der Waals surface area contributed by atoms with Crippen molar-refractivity contribution >= 4 is 21.6 Å². The summed E-state index contributed by atoms with van der Waals surface area (Å²) in [5.74, 6) is -0.107. The summed E-state index contributed by atoms with van der Waals surface area (Å²) in [7, 11) is 0. The molecular weight excluding hydrogens is 295 g/mol. The van der Waals surface area contributed by atoms with Crippen molar-refractivity contribution in [3.8, 4) is 0 Å². The first-order valence-corrected chi connectivity index (χ1v) is 7.61. The van der Waals surface area contributed by atoms with Gasteiger partial charge in [-0.05, 0) is 31.2 Å². The van der Waals surface area contributed by atoms with E-state index in [0.717, 1.165) is 37.4 Å². The Morgan fingerprint density at radius 1 is 1.39 bits per heavy atom. The lowest BCUT2D eigenvalue weighted by Crippen LogP contribution is -2.51. The third-order valence-electron chi connectivity index (χ3n) is 3.68. The fourth-order valence-corrected chi connectivity index (χ4v) is 2.92. The highest BCUT2D eigenvalue weighted by molar-refractivity contribution is 9.08. The fraction of sp³-hybridized carbons (Fsp3) is 0.571. The molecule has 0 amide bonds. The van der Waals surface area contributed by atoms with E-state index in [1.54, 1.807) is 6.07 Å². The largest absolute Gasteiger partial charge is 0.366 e. The van der Waals surface area contributed by atoms with Gasteiger partial charge in [0.25, 0.3) is 0 Å². The maximum Gasteiger partial charge on any atom is 0.146 e. The van der Waals surface area contributed by atoms with Crippen LogP contribution < -0.4 is 4.90 Å². The Balaban J connectivity index is 2.13. The molecular formula is C14H20BrFN2. The lowest BCUT2D eigenvalue weighted by molar-refractivity contribution is 0.199. The molecule has 18 heavy (non-hydrogen) atoms. The molecule has 100 valence electrons. The van der Waals surface area contributed by atoms with Crippen LogP contribution in [0.15, 0.2) is 18.2 Å². The van der Waals surface area contributed by atoms with Gasteiger partial charge in [-0.2, -0.15) is 0 Å². The van der Waals surface area contributed by atoms with Gasteiger partial charge in [0.15, 0.2) is 0 Å². The number of likely N-dealkylation sites (N-methyl/N-ethyl adjacent to an activating group) is 1. The van der Waals surface area contributed by atoms with E-state index in [2.05, 4.69) is 39.6 Å². The van der Waals surface area contributed by atoms with Crippen LogP contribution in [0.5, 0.6) is 0 Å². The van der Waals surface area contributed by atoms with Crippen LogP contribution in [0, 0.1) is 5.82 Å². The molecule has 0 aromatic heterocycles. The molecule has 2 nitrogen and oxygen atoms in total. The number of rotatable bonds is 3. The van der Waals surface area contributed by atoms with Gasteiger partial charge in [-0.25, -0.2) is 4.39 Å². The van der Waals surface area contributed by atoms with E-state index >= 15 is 0 Å². The van der Waals surface area contributed by atoms with Crippen molar-refractivity contribution in [2.45, 2.75) is 25.2 Å². The Bertz CT molecular complexity index is 411. The van der Waals surface area contributed by atoms with Crippen molar-refractivity contribution in [1.82, 2.24) is 4.90 Å². The minimum atomic E-state index is -0.107. The van der Waals surface area contributed by atoms with Gasteiger partial charge in [-0.1, -0.05) is 28.9 Å². The first kappa shape index (κ1) is 13.8. The number of nitrogens with zero attached hydrogens (tertiary/aromatic N) is 2. The third-order valence-corrected chi connectivity index (χ3v) is 4.33. The number of piperazine rings is 1. The number of hydrogen-bond donors (Lipinski definition) is 0. The number of hydrogen-bond acceptors (Lipinski definition) is 2. The fourth-order valence-electron chi connectivity index (χ4n) is 2.57. The second-order valence-corrected chi connectivity index (χ2v) is 5.40. The topological polar surface area (TPSA) is 6.48 Å². The van der Waals surface area contributed by atoms with Crippen LogP contribution in [0.2, 0.25) is 0 Å². The van der Waals surface area contributed by atoms with E-state index < -0.39 is 0 Å². The molecule has 1 aliphatic rings. The first-order chi connectivity index (χ1) is 8.65. The minimum absolute atomic E-state index is 0.107. The Morgan fingerprint density at radius 3 is 2.72 bits per heavy atom. The first-order valence-electron chi connectivity index (χ1n) is 6.49. The summed E-state index contributed by atoms with van der Waals surface area (Å²) in [4.78, 5) is 4.59. The van der Waals surface area contributed by atoms with Gasteiger partial charge in [0.1, 0.15) is 5.82 Å². The van der Waals surface area contributed by atoms with Crippen LogP contribution >= 0.6 is 15.9 Å². The molecule has 4 heteroatoms. The van der Waals surface area contributed by atoms with Gasteiger partial charge in [-0.3, -0.25) is 4.90 Å². The van der Waals surface area contributed by atoms with Crippen molar-refractivity contribution in [2.75, 3.05) is 31.1 Å². The Hall–Kier alpha value is -0.610. The maximum absolute atomic E-state index is 14.1. The van der Waals surface area contributed by atoms with Gasteiger partial charge in [0.2, 0.25) is 0 Å². The average Bonchev–Trinajstić information content (AvgIpc) is 2.38. The maximum atomic E-state index is 14.1. The number of anilines is 1. The normalized spacial score (nSPS) is 21.3. The average molecular weight is 315 g/mol. The summed E-state index contributed by atoms with van der Waals surface area (Å²) in [6.45, 7) is 8.27. The van der Waals surface area contributed by atoms with Crippen LogP contribution in [-0.4, -0.2) is 37.1 Å².